The molecule has 1 unspecified atom stereocenters. The lowest BCUT2D eigenvalue weighted by Crippen LogP contribution is -2.30. The van der Waals surface area contributed by atoms with Crippen LogP contribution in [0.4, 0.5) is 0 Å². The molecule has 4 nitrogen and oxygen atoms in total. The zero-order valence-corrected chi connectivity index (χ0v) is 13.2. The van der Waals surface area contributed by atoms with E-state index >= 15 is 0 Å². The quantitative estimate of drug-likeness (QED) is 0.786. The Bertz CT molecular complexity index is 468. The first-order valence-electron chi connectivity index (χ1n) is 8.02. The van der Waals surface area contributed by atoms with E-state index in [0.29, 0.717) is 18.2 Å². The predicted molar refractivity (Wildman–Crippen MR) is 83.5 cm³/mol. The summed E-state index contributed by atoms with van der Waals surface area (Å²) in [7, 11) is 0. The van der Waals surface area contributed by atoms with E-state index < -0.39 is 0 Å². The highest BCUT2D eigenvalue weighted by Crippen LogP contribution is 2.13. The molecule has 0 aliphatic carbocycles. The number of nitrogens with zero attached hydrogens (tertiary/aromatic N) is 1. The molecule has 1 aromatic heterocycles. The monoisotopic (exact) mass is 290 g/mol. The Hall–Kier alpha value is -1.42. The number of aromatic nitrogens is 1. The predicted octanol–water partition coefficient (Wildman–Crippen LogP) is 2.89. The fourth-order valence-electron chi connectivity index (χ4n) is 2.65. The fourth-order valence-corrected chi connectivity index (χ4v) is 2.65. The Balaban J connectivity index is 1.87. The standard InChI is InChI=1S/C17H26N2O2/c1-3-4-5-6-14-9-13(2)16(18-10-14)17(20)19-11-15-7-8-21-12-15/h9-10,15H,3-8,11-12H2,1-2H3,(H,19,20). The number of carbonyl (C=O) groups excluding carboxylic acids is 1. The Labute approximate surface area is 127 Å². The molecular weight excluding hydrogens is 264 g/mol. The van der Waals surface area contributed by atoms with E-state index in [9.17, 15) is 4.79 Å². The largest absolute Gasteiger partial charge is 0.381 e. The van der Waals surface area contributed by atoms with Crippen molar-refractivity contribution in [2.75, 3.05) is 19.8 Å². The maximum atomic E-state index is 12.2. The number of nitrogens with one attached hydrogen (secondary N) is 1. The summed E-state index contributed by atoms with van der Waals surface area (Å²) in [5.74, 6) is 0.377. The normalized spacial score (nSPS) is 17.9. The van der Waals surface area contributed by atoms with Crippen molar-refractivity contribution in [1.29, 1.82) is 0 Å². The maximum Gasteiger partial charge on any atom is 0.270 e. The van der Waals surface area contributed by atoms with Gasteiger partial charge in [-0.05, 0) is 37.3 Å². The van der Waals surface area contributed by atoms with Crippen molar-refractivity contribution in [2.24, 2.45) is 5.92 Å². The minimum absolute atomic E-state index is 0.0699. The van der Waals surface area contributed by atoms with E-state index in [1.807, 2.05) is 13.1 Å². The lowest BCUT2D eigenvalue weighted by molar-refractivity contribution is 0.0939. The molecule has 2 rings (SSSR count). The van der Waals surface area contributed by atoms with Crippen molar-refractivity contribution >= 4 is 5.91 Å². The van der Waals surface area contributed by atoms with Gasteiger partial charge in [0.15, 0.2) is 0 Å². The highest BCUT2D eigenvalue weighted by Gasteiger charge is 2.18. The van der Waals surface area contributed by atoms with Gasteiger partial charge in [0, 0.05) is 25.3 Å². The highest BCUT2D eigenvalue weighted by atomic mass is 16.5. The molecular formula is C17H26N2O2. The molecule has 0 saturated carbocycles. The highest BCUT2D eigenvalue weighted by molar-refractivity contribution is 5.93. The van der Waals surface area contributed by atoms with Gasteiger partial charge in [0.1, 0.15) is 5.69 Å². The van der Waals surface area contributed by atoms with Crippen LogP contribution in [0, 0.1) is 12.8 Å². The van der Waals surface area contributed by atoms with Crippen LogP contribution in [0.25, 0.3) is 0 Å². The van der Waals surface area contributed by atoms with Crippen molar-refractivity contribution < 1.29 is 9.53 Å². The summed E-state index contributed by atoms with van der Waals surface area (Å²) in [6.45, 7) is 6.40. The van der Waals surface area contributed by atoms with Crippen LogP contribution >= 0.6 is 0 Å². The number of unbranched alkanes of at least 4 members (excludes halogenated alkanes) is 2. The van der Waals surface area contributed by atoms with Gasteiger partial charge in [-0.3, -0.25) is 9.78 Å². The molecule has 1 fully saturated rings. The Morgan fingerprint density at radius 1 is 1.48 bits per heavy atom. The summed E-state index contributed by atoms with van der Waals surface area (Å²) in [6, 6.07) is 2.09. The minimum atomic E-state index is -0.0699. The summed E-state index contributed by atoms with van der Waals surface area (Å²) in [5.41, 5.74) is 2.74. The molecule has 0 bridgehead atoms. The first kappa shape index (κ1) is 16.0. The van der Waals surface area contributed by atoms with Crippen LogP contribution < -0.4 is 5.32 Å². The van der Waals surface area contributed by atoms with E-state index in [4.69, 9.17) is 4.74 Å². The smallest absolute Gasteiger partial charge is 0.270 e. The summed E-state index contributed by atoms with van der Waals surface area (Å²) in [5, 5.41) is 2.97. The molecule has 1 atom stereocenters. The molecule has 1 saturated heterocycles. The van der Waals surface area contributed by atoms with Gasteiger partial charge in [0.2, 0.25) is 0 Å². The Kier molecular flexibility index (Phi) is 6.18. The van der Waals surface area contributed by atoms with Gasteiger partial charge in [-0.2, -0.15) is 0 Å². The third-order valence-corrected chi connectivity index (χ3v) is 3.99. The van der Waals surface area contributed by atoms with Crippen LogP contribution in [0.5, 0.6) is 0 Å². The number of hydrogen-bond acceptors (Lipinski definition) is 3. The number of rotatable bonds is 7. The summed E-state index contributed by atoms with van der Waals surface area (Å²) in [4.78, 5) is 16.5. The average Bonchev–Trinajstić information content (AvgIpc) is 2.98. The number of carbonyl (C=O) groups is 1. The molecule has 0 aromatic carbocycles. The SMILES string of the molecule is CCCCCc1cnc(C(=O)NCC2CCOC2)c(C)c1. The van der Waals surface area contributed by atoms with Gasteiger partial charge in [-0.25, -0.2) is 0 Å². The molecule has 1 aliphatic heterocycles. The van der Waals surface area contributed by atoms with E-state index in [0.717, 1.165) is 31.6 Å². The summed E-state index contributed by atoms with van der Waals surface area (Å²) < 4.78 is 5.31. The van der Waals surface area contributed by atoms with Crippen LogP contribution in [0.2, 0.25) is 0 Å². The molecule has 1 N–H and O–H groups in total. The number of ether oxygens (including phenoxy) is 1. The van der Waals surface area contributed by atoms with Gasteiger partial charge >= 0.3 is 0 Å². The third-order valence-electron chi connectivity index (χ3n) is 3.99. The molecule has 116 valence electrons. The van der Waals surface area contributed by atoms with Crippen molar-refractivity contribution in [2.45, 2.75) is 46.0 Å². The van der Waals surface area contributed by atoms with Crippen molar-refractivity contribution in [3.63, 3.8) is 0 Å². The number of hydrogen-bond donors (Lipinski definition) is 1. The van der Waals surface area contributed by atoms with Crippen LogP contribution in [0.1, 0.15) is 54.2 Å². The van der Waals surface area contributed by atoms with Crippen LogP contribution in [0.3, 0.4) is 0 Å². The van der Waals surface area contributed by atoms with Crippen molar-refractivity contribution in [3.8, 4) is 0 Å². The molecule has 0 radical (unpaired) electrons. The van der Waals surface area contributed by atoms with E-state index in [-0.39, 0.29) is 5.91 Å². The minimum Gasteiger partial charge on any atom is -0.381 e. The number of amides is 1. The zero-order valence-electron chi connectivity index (χ0n) is 13.2. The average molecular weight is 290 g/mol. The van der Waals surface area contributed by atoms with Gasteiger partial charge in [0.05, 0.1) is 6.61 Å². The molecule has 4 heteroatoms. The second kappa shape index (κ2) is 8.13. The second-order valence-corrected chi connectivity index (χ2v) is 5.91. The van der Waals surface area contributed by atoms with Crippen LogP contribution in [0.15, 0.2) is 12.3 Å². The first-order chi connectivity index (χ1) is 10.2. The van der Waals surface area contributed by atoms with E-state index in [1.165, 1.54) is 24.8 Å². The molecule has 21 heavy (non-hydrogen) atoms. The molecule has 1 aliphatic rings. The van der Waals surface area contributed by atoms with Gasteiger partial charge in [-0.15, -0.1) is 0 Å². The Morgan fingerprint density at radius 2 is 2.33 bits per heavy atom. The second-order valence-electron chi connectivity index (χ2n) is 5.91. The van der Waals surface area contributed by atoms with Gasteiger partial charge in [0.25, 0.3) is 5.91 Å². The molecule has 1 aromatic rings. The molecule has 2 heterocycles. The number of aryl methyl sites for hydroxylation is 2. The van der Waals surface area contributed by atoms with E-state index in [1.54, 1.807) is 0 Å². The lowest BCUT2D eigenvalue weighted by atomic mass is 10.1. The van der Waals surface area contributed by atoms with E-state index in [2.05, 4.69) is 23.3 Å². The molecule has 1 amide bonds. The summed E-state index contributed by atoms with van der Waals surface area (Å²) >= 11 is 0. The Morgan fingerprint density at radius 3 is 3.00 bits per heavy atom. The summed E-state index contributed by atoms with van der Waals surface area (Å²) in [6.07, 6.45) is 7.57. The van der Waals surface area contributed by atoms with Crippen molar-refractivity contribution in [1.82, 2.24) is 10.3 Å². The van der Waals surface area contributed by atoms with Crippen LogP contribution in [-0.2, 0) is 11.2 Å². The third kappa shape index (κ3) is 4.81. The maximum absolute atomic E-state index is 12.2. The fraction of sp³-hybridized carbons (Fsp3) is 0.647. The molecule has 0 spiro atoms. The topological polar surface area (TPSA) is 51.2 Å². The van der Waals surface area contributed by atoms with Crippen molar-refractivity contribution in [3.05, 3.63) is 29.1 Å². The number of pyridine rings is 1. The van der Waals surface area contributed by atoms with Crippen LogP contribution in [-0.4, -0.2) is 30.6 Å². The van der Waals surface area contributed by atoms with Gasteiger partial charge < -0.3 is 10.1 Å². The lowest BCUT2D eigenvalue weighted by Gasteiger charge is -2.11. The zero-order chi connectivity index (χ0) is 15.1. The first-order valence-corrected chi connectivity index (χ1v) is 8.02. The van der Waals surface area contributed by atoms with Gasteiger partial charge in [-0.1, -0.05) is 25.8 Å².